The molecule has 0 atom stereocenters. The summed E-state index contributed by atoms with van der Waals surface area (Å²) in [6.07, 6.45) is 0.250. The van der Waals surface area contributed by atoms with Crippen molar-refractivity contribution in [1.82, 2.24) is 0 Å². The molecule has 0 unspecified atom stereocenters. The number of nitrogens with one attached hydrogen (secondary N) is 1. The number of amides is 1. The number of thiocarbonyl (C=S) groups is 1. The first-order valence-corrected chi connectivity index (χ1v) is 7.67. The van der Waals surface area contributed by atoms with Crippen LogP contribution in [0.15, 0.2) is 46.9 Å². The van der Waals surface area contributed by atoms with Gasteiger partial charge in [-0.3, -0.25) is 4.79 Å². The van der Waals surface area contributed by atoms with Gasteiger partial charge < -0.3 is 11.1 Å². The van der Waals surface area contributed by atoms with Gasteiger partial charge in [-0.1, -0.05) is 51.9 Å². The first kappa shape index (κ1) is 15.9. The molecule has 2 aromatic carbocycles. The average molecular weight is 384 g/mol. The van der Waals surface area contributed by atoms with E-state index in [-0.39, 0.29) is 17.3 Å². The van der Waals surface area contributed by atoms with Crippen LogP contribution in [0.25, 0.3) is 0 Å². The highest BCUT2D eigenvalue weighted by Gasteiger charge is 2.10. The van der Waals surface area contributed by atoms with E-state index in [2.05, 4.69) is 21.2 Å². The van der Waals surface area contributed by atoms with E-state index in [0.29, 0.717) is 16.3 Å². The van der Waals surface area contributed by atoms with E-state index >= 15 is 0 Å². The molecule has 3 N–H and O–H groups in total. The second-order valence-corrected chi connectivity index (χ2v) is 6.20. The molecule has 2 rings (SSSR count). The Morgan fingerprint density at radius 1 is 1.24 bits per heavy atom. The molecule has 0 aliphatic carbocycles. The van der Waals surface area contributed by atoms with Crippen molar-refractivity contribution in [2.75, 3.05) is 5.32 Å². The minimum atomic E-state index is -0.145. The fourth-order valence-corrected chi connectivity index (χ4v) is 2.48. The normalized spacial score (nSPS) is 10.2. The molecule has 3 nitrogen and oxygen atoms in total. The predicted octanol–water partition coefficient (Wildman–Crippen LogP) is 3.92. The van der Waals surface area contributed by atoms with Crippen LogP contribution in [0.5, 0.6) is 0 Å². The molecule has 0 heterocycles. The zero-order valence-electron chi connectivity index (χ0n) is 10.9. The minimum absolute atomic E-state index is 0.145. The molecule has 0 saturated carbocycles. The summed E-state index contributed by atoms with van der Waals surface area (Å²) >= 11 is 14.2. The van der Waals surface area contributed by atoms with Gasteiger partial charge in [0, 0.05) is 15.1 Å². The fraction of sp³-hybridized carbons (Fsp3) is 0.0667. The Hall–Kier alpha value is -1.43. The molecule has 1 amide bonds. The van der Waals surface area contributed by atoms with Crippen LogP contribution in [-0.2, 0) is 11.2 Å². The van der Waals surface area contributed by atoms with Gasteiger partial charge in [0.15, 0.2) is 0 Å². The Labute approximate surface area is 141 Å². The number of hydrogen-bond acceptors (Lipinski definition) is 2. The summed E-state index contributed by atoms with van der Waals surface area (Å²) < 4.78 is 0.837. The Morgan fingerprint density at radius 2 is 1.90 bits per heavy atom. The van der Waals surface area contributed by atoms with Crippen LogP contribution in [0.2, 0.25) is 5.02 Å². The van der Waals surface area contributed by atoms with Gasteiger partial charge in [-0.15, -0.1) is 0 Å². The van der Waals surface area contributed by atoms with Crippen molar-refractivity contribution in [3.8, 4) is 0 Å². The van der Waals surface area contributed by atoms with E-state index in [1.54, 1.807) is 24.3 Å². The molecule has 0 aliphatic rings. The van der Waals surface area contributed by atoms with Crippen LogP contribution in [0.1, 0.15) is 11.1 Å². The van der Waals surface area contributed by atoms with E-state index < -0.39 is 0 Å². The fourth-order valence-electron chi connectivity index (χ4n) is 1.82. The molecule has 0 fully saturated rings. The van der Waals surface area contributed by atoms with Crippen molar-refractivity contribution in [3.63, 3.8) is 0 Å². The third-order valence-electron chi connectivity index (χ3n) is 2.80. The SMILES string of the molecule is NC(=S)c1ccc(Br)cc1NC(=O)Cc1ccc(Cl)cc1. The topological polar surface area (TPSA) is 55.1 Å². The summed E-state index contributed by atoms with van der Waals surface area (Å²) in [5.74, 6) is -0.145. The van der Waals surface area contributed by atoms with Gasteiger partial charge in [-0.2, -0.15) is 0 Å². The highest BCUT2D eigenvalue weighted by atomic mass is 79.9. The van der Waals surface area contributed by atoms with Gasteiger partial charge in [0.25, 0.3) is 0 Å². The zero-order valence-corrected chi connectivity index (χ0v) is 14.1. The molecule has 6 heteroatoms. The number of halogens is 2. The minimum Gasteiger partial charge on any atom is -0.389 e. The van der Waals surface area contributed by atoms with Crippen molar-refractivity contribution < 1.29 is 4.79 Å². The van der Waals surface area contributed by atoms with Crippen molar-refractivity contribution >= 4 is 56.3 Å². The number of benzene rings is 2. The molecule has 0 aromatic heterocycles. The van der Waals surface area contributed by atoms with Crippen LogP contribution >= 0.6 is 39.7 Å². The maximum atomic E-state index is 12.1. The summed E-state index contributed by atoms with van der Waals surface area (Å²) in [5, 5.41) is 3.47. The lowest BCUT2D eigenvalue weighted by molar-refractivity contribution is -0.115. The summed E-state index contributed by atoms with van der Waals surface area (Å²) in [6, 6.07) is 12.5. The molecule has 2 aromatic rings. The Balaban J connectivity index is 2.14. The van der Waals surface area contributed by atoms with Crippen LogP contribution in [0.3, 0.4) is 0 Å². The first-order valence-electron chi connectivity index (χ1n) is 6.09. The van der Waals surface area contributed by atoms with Crippen molar-refractivity contribution in [1.29, 1.82) is 0 Å². The molecule has 0 saturated heterocycles. The number of nitrogens with two attached hydrogens (primary N) is 1. The Morgan fingerprint density at radius 3 is 2.52 bits per heavy atom. The molecule has 0 aliphatic heterocycles. The van der Waals surface area contributed by atoms with Gasteiger partial charge in [-0.25, -0.2) is 0 Å². The van der Waals surface area contributed by atoms with Crippen molar-refractivity contribution in [3.05, 3.63) is 63.1 Å². The second-order valence-electron chi connectivity index (χ2n) is 4.41. The second kappa shape index (κ2) is 7.02. The number of carbonyl (C=O) groups excluding carboxylic acids is 1. The summed E-state index contributed by atoms with van der Waals surface area (Å²) in [5.41, 5.74) is 7.77. The number of rotatable bonds is 4. The van der Waals surface area contributed by atoms with Crippen molar-refractivity contribution in [2.24, 2.45) is 5.73 Å². The van der Waals surface area contributed by atoms with Crippen LogP contribution in [0, 0.1) is 0 Å². The monoisotopic (exact) mass is 382 g/mol. The van der Waals surface area contributed by atoms with Crippen LogP contribution < -0.4 is 11.1 Å². The standard InChI is InChI=1S/C15H12BrClN2OS/c16-10-3-6-12(15(18)21)13(8-10)19-14(20)7-9-1-4-11(17)5-2-9/h1-6,8H,7H2,(H2,18,21)(H,19,20). The lowest BCUT2D eigenvalue weighted by Gasteiger charge is -2.11. The molecule has 0 radical (unpaired) electrons. The molecular weight excluding hydrogens is 372 g/mol. The van der Waals surface area contributed by atoms with E-state index in [0.717, 1.165) is 10.0 Å². The maximum absolute atomic E-state index is 12.1. The third-order valence-corrected chi connectivity index (χ3v) is 3.76. The smallest absolute Gasteiger partial charge is 0.228 e. The molecule has 21 heavy (non-hydrogen) atoms. The van der Waals surface area contributed by atoms with E-state index in [1.165, 1.54) is 0 Å². The molecule has 108 valence electrons. The quantitative estimate of drug-likeness (QED) is 0.787. The number of anilines is 1. The van der Waals surface area contributed by atoms with E-state index in [9.17, 15) is 4.79 Å². The van der Waals surface area contributed by atoms with Gasteiger partial charge in [0.2, 0.25) is 5.91 Å². The summed E-state index contributed by atoms with van der Waals surface area (Å²) in [4.78, 5) is 12.3. The lowest BCUT2D eigenvalue weighted by Crippen LogP contribution is -2.19. The van der Waals surface area contributed by atoms with Gasteiger partial charge >= 0.3 is 0 Å². The highest BCUT2D eigenvalue weighted by Crippen LogP contribution is 2.22. The van der Waals surface area contributed by atoms with E-state index in [1.807, 2.05) is 18.2 Å². The first-order chi connectivity index (χ1) is 9.95. The zero-order chi connectivity index (χ0) is 15.4. The lowest BCUT2D eigenvalue weighted by atomic mass is 10.1. The van der Waals surface area contributed by atoms with Crippen LogP contribution in [-0.4, -0.2) is 10.9 Å². The van der Waals surface area contributed by atoms with Gasteiger partial charge in [0.05, 0.1) is 12.1 Å². The molecule has 0 spiro atoms. The van der Waals surface area contributed by atoms with Gasteiger partial charge in [-0.05, 0) is 35.9 Å². The number of hydrogen-bond donors (Lipinski definition) is 2. The largest absolute Gasteiger partial charge is 0.389 e. The van der Waals surface area contributed by atoms with Crippen molar-refractivity contribution in [2.45, 2.75) is 6.42 Å². The maximum Gasteiger partial charge on any atom is 0.228 e. The van der Waals surface area contributed by atoms with Gasteiger partial charge in [0.1, 0.15) is 4.99 Å². The number of carbonyl (C=O) groups is 1. The predicted molar refractivity (Wildman–Crippen MR) is 93.8 cm³/mol. The Bertz CT molecular complexity index is 689. The summed E-state index contributed by atoms with van der Waals surface area (Å²) in [6.45, 7) is 0. The Kier molecular flexibility index (Phi) is 5.33. The summed E-state index contributed by atoms with van der Waals surface area (Å²) in [7, 11) is 0. The molecular formula is C15H12BrClN2OS. The average Bonchev–Trinajstić information content (AvgIpc) is 2.41. The highest BCUT2D eigenvalue weighted by molar-refractivity contribution is 9.10. The van der Waals surface area contributed by atoms with Crippen LogP contribution in [0.4, 0.5) is 5.69 Å². The molecule has 0 bridgehead atoms. The third kappa shape index (κ3) is 4.52. The van der Waals surface area contributed by atoms with E-state index in [4.69, 9.17) is 29.6 Å².